The second-order valence-corrected chi connectivity index (χ2v) is 27.7. The van der Waals surface area contributed by atoms with Gasteiger partial charge in [0, 0.05) is 19.3 Å². The average molecular weight is 1470 g/mol. The van der Waals surface area contributed by atoms with Crippen molar-refractivity contribution in [3.63, 3.8) is 0 Å². The number of phosphoric acid groups is 2. The average Bonchev–Trinajstić information content (AvgIpc) is 0.924. The molecule has 5 atom stereocenters. The van der Waals surface area contributed by atoms with Gasteiger partial charge in [-0.3, -0.25) is 37.3 Å². The minimum absolute atomic E-state index is 0.0273. The molecule has 0 spiro atoms. The number of aliphatic hydroxyl groups is 1. The summed E-state index contributed by atoms with van der Waals surface area (Å²) in [4.78, 5) is 72.8. The van der Waals surface area contributed by atoms with E-state index in [1.807, 2.05) is 36.5 Å². The fourth-order valence-corrected chi connectivity index (χ4v) is 11.0. The molecule has 3 N–H and O–H groups in total. The lowest BCUT2D eigenvalue weighted by atomic mass is 10.1. The second kappa shape index (κ2) is 73.7. The molecule has 0 aliphatic heterocycles. The van der Waals surface area contributed by atoms with E-state index in [2.05, 4.69) is 155 Å². The second-order valence-electron chi connectivity index (χ2n) is 24.8. The van der Waals surface area contributed by atoms with Gasteiger partial charge in [-0.15, -0.1) is 0 Å². The fraction of sp³-hybridized carbons (Fsp3) is 0.614. The highest BCUT2D eigenvalue weighted by molar-refractivity contribution is 7.47. The van der Waals surface area contributed by atoms with Gasteiger partial charge in [-0.05, 0) is 141 Å². The number of carbonyl (C=O) groups excluding carboxylic acids is 4. The van der Waals surface area contributed by atoms with Crippen molar-refractivity contribution in [3.8, 4) is 0 Å². The van der Waals surface area contributed by atoms with E-state index in [1.54, 1.807) is 6.08 Å². The van der Waals surface area contributed by atoms with Crippen LogP contribution in [-0.4, -0.2) is 96.7 Å². The molecule has 0 aromatic heterocycles. The molecule has 0 aromatic carbocycles. The summed E-state index contributed by atoms with van der Waals surface area (Å²) in [6.07, 6.45) is 86.8. The molecule has 0 saturated carbocycles. The molecule has 0 aliphatic rings. The van der Waals surface area contributed by atoms with Crippen molar-refractivity contribution in [3.05, 3.63) is 170 Å². The van der Waals surface area contributed by atoms with Gasteiger partial charge in [-0.1, -0.05) is 275 Å². The van der Waals surface area contributed by atoms with E-state index >= 15 is 0 Å². The summed E-state index contributed by atoms with van der Waals surface area (Å²) < 4.78 is 68.2. The third-order valence-corrected chi connectivity index (χ3v) is 17.1. The maximum absolute atomic E-state index is 13.1. The molecule has 578 valence electrons. The quantitative estimate of drug-likeness (QED) is 0.0169. The van der Waals surface area contributed by atoms with Crippen LogP contribution in [0.1, 0.15) is 272 Å². The van der Waals surface area contributed by atoms with Crippen LogP contribution in [0, 0.1) is 0 Å². The van der Waals surface area contributed by atoms with Gasteiger partial charge in [0.25, 0.3) is 0 Å². The summed E-state index contributed by atoms with van der Waals surface area (Å²) in [6.45, 7) is 4.32. The number of esters is 4. The SMILES string of the molecule is CC/C=C\C/C=C\C/C=C\C/C=C\C/C=C\C/C=C\CCC(=O)OCC(COP(=O)(O)OCC(O)COP(=O)(O)OCC(COC(=O)C/C=C\C/C=C\C/C=C\C/C=C\C/C=C\CC)OC(=O)CCCCCCC/C=C\C/C=C\CCC)OC(=O)CCCCCCC/C=C\CCCCCCCC. The number of phosphoric ester groups is 2. The number of aliphatic hydroxyl groups excluding tert-OH is 1. The normalized spacial score (nSPS) is 14.9. The number of carbonyl (C=O) groups is 4. The Kier molecular flexibility index (Phi) is 69.7. The van der Waals surface area contributed by atoms with Crippen molar-refractivity contribution in [1.29, 1.82) is 0 Å². The molecule has 0 aromatic rings. The van der Waals surface area contributed by atoms with E-state index in [0.29, 0.717) is 32.1 Å². The summed E-state index contributed by atoms with van der Waals surface area (Å²) in [5.41, 5.74) is 0. The zero-order chi connectivity index (χ0) is 74.6. The maximum atomic E-state index is 13.1. The molecule has 0 rings (SSSR count). The minimum Gasteiger partial charge on any atom is -0.462 e. The van der Waals surface area contributed by atoms with Crippen LogP contribution in [0.15, 0.2) is 170 Å². The Morgan fingerprint density at radius 1 is 0.294 bits per heavy atom. The van der Waals surface area contributed by atoms with Crippen LogP contribution >= 0.6 is 15.6 Å². The molecule has 5 unspecified atom stereocenters. The van der Waals surface area contributed by atoms with Crippen molar-refractivity contribution in [2.75, 3.05) is 39.6 Å². The molecule has 0 bridgehead atoms. The molecule has 0 radical (unpaired) electrons. The smallest absolute Gasteiger partial charge is 0.462 e. The molecule has 0 aliphatic carbocycles. The van der Waals surface area contributed by atoms with Gasteiger partial charge >= 0.3 is 39.5 Å². The lowest BCUT2D eigenvalue weighted by Crippen LogP contribution is -2.30. The molecular formula is C83H134O17P2. The van der Waals surface area contributed by atoms with Crippen LogP contribution in [-0.2, 0) is 65.4 Å². The molecule has 0 fully saturated rings. The van der Waals surface area contributed by atoms with Gasteiger partial charge in [0.2, 0.25) is 0 Å². The molecule has 0 heterocycles. The largest absolute Gasteiger partial charge is 0.472 e. The van der Waals surface area contributed by atoms with E-state index in [1.165, 1.54) is 38.5 Å². The summed E-state index contributed by atoms with van der Waals surface area (Å²) in [5.74, 6) is -2.46. The van der Waals surface area contributed by atoms with Crippen LogP contribution in [0.2, 0.25) is 0 Å². The number of ether oxygens (including phenoxy) is 4. The highest BCUT2D eigenvalue weighted by atomic mass is 31.2. The van der Waals surface area contributed by atoms with Crippen LogP contribution in [0.3, 0.4) is 0 Å². The van der Waals surface area contributed by atoms with Crippen LogP contribution in [0.4, 0.5) is 0 Å². The molecule has 17 nitrogen and oxygen atoms in total. The minimum atomic E-state index is -5.01. The Balaban J connectivity index is 5.51. The molecule has 102 heavy (non-hydrogen) atoms. The highest BCUT2D eigenvalue weighted by Gasteiger charge is 2.30. The standard InChI is InChI=1S/C83H134O17P2/c1-5-9-13-17-21-25-29-33-36-37-38-39-42-45-48-52-56-60-64-68-81(86)94-74-79(100-83(88)70-66-62-58-54-50-46-41-35-31-27-23-19-15-11-7-3)76-98-102(91,92)96-72-77(84)71-95-101(89,90)97-75-78(99-82(87)69-65-61-57-53-49-43-32-28-24-20-16-12-8-4)73-93-80(85)67-63-59-55-51-47-44-40-34-30-26-22-18-14-10-6-2/h9-10,13-14,16,20-22,25-26,28,32-36,38-41,45,47-48,51,56,59-60,63,77-79,84H,5-8,11-12,15,17-19,23-24,27,29-31,37,42-44,46,49-50,52-55,57-58,61-62,64-76H2,1-4H3,(H,89,90)(H,91,92)/b13-9-,14-10-,20-16-,25-21-,26-22-,32-28-,36-33-,39-38-,40-34-,41-35-,48-45-,51-47-,60-56-,63-59-. The summed E-state index contributed by atoms with van der Waals surface area (Å²) in [7, 11) is -10.0. The lowest BCUT2D eigenvalue weighted by Gasteiger charge is -2.21. The van der Waals surface area contributed by atoms with Crippen molar-refractivity contribution in [1.82, 2.24) is 0 Å². The van der Waals surface area contributed by atoms with Crippen LogP contribution in [0.5, 0.6) is 0 Å². The van der Waals surface area contributed by atoms with Gasteiger partial charge in [0.1, 0.15) is 19.3 Å². The zero-order valence-electron chi connectivity index (χ0n) is 63.0. The molecule has 0 amide bonds. The highest BCUT2D eigenvalue weighted by Crippen LogP contribution is 2.45. The van der Waals surface area contributed by atoms with Crippen molar-refractivity contribution >= 4 is 39.5 Å². The Morgan fingerprint density at radius 3 is 0.961 bits per heavy atom. The predicted molar refractivity (Wildman–Crippen MR) is 417 cm³/mol. The van der Waals surface area contributed by atoms with Crippen molar-refractivity contribution in [2.24, 2.45) is 0 Å². The first-order valence-corrected chi connectivity index (χ1v) is 41.4. The number of unbranched alkanes of at least 4 members (excludes halogenated alkanes) is 17. The number of hydrogen-bond acceptors (Lipinski definition) is 15. The summed E-state index contributed by atoms with van der Waals surface area (Å²) >= 11 is 0. The first-order chi connectivity index (χ1) is 49.7. The van der Waals surface area contributed by atoms with E-state index in [-0.39, 0.29) is 25.7 Å². The van der Waals surface area contributed by atoms with Crippen molar-refractivity contribution < 1.29 is 80.2 Å². The van der Waals surface area contributed by atoms with E-state index in [4.69, 9.17) is 37.0 Å². The van der Waals surface area contributed by atoms with Crippen LogP contribution < -0.4 is 0 Å². The molecule has 0 saturated heterocycles. The number of hydrogen-bond donors (Lipinski definition) is 3. The lowest BCUT2D eigenvalue weighted by molar-refractivity contribution is -0.161. The third-order valence-electron chi connectivity index (χ3n) is 15.2. The van der Waals surface area contributed by atoms with Crippen LogP contribution in [0.25, 0.3) is 0 Å². The summed E-state index contributed by atoms with van der Waals surface area (Å²) in [5, 5.41) is 10.6. The Morgan fingerprint density at radius 2 is 0.588 bits per heavy atom. The fourth-order valence-electron chi connectivity index (χ4n) is 9.41. The van der Waals surface area contributed by atoms with Gasteiger partial charge in [0.15, 0.2) is 12.2 Å². The Hall–Kier alpha value is -5.58. The molecule has 19 heteroatoms. The predicted octanol–water partition coefficient (Wildman–Crippen LogP) is 22.2. The maximum Gasteiger partial charge on any atom is 0.472 e. The topological polar surface area (TPSA) is 237 Å². The zero-order valence-corrected chi connectivity index (χ0v) is 64.8. The Labute approximate surface area is 616 Å². The van der Waals surface area contributed by atoms with Gasteiger partial charge in [0.05, 0.1) is 32.8 Å². The third kappa shape index (κ3) is 72.8. The van der Waals surface area contributed by atoms with E-state index < -0.39 is 97.5 Å². The van der Waals surface area contributed by atoms with Gasteiger partial charge in [-0.2, -0.15) is 0 Å². The van der Waals surface area contributed by atoms with E-state index in [9.17, 15) is 43.2 Å². The number of rotatable bonds is 70. The monoisotopic (exact) mass is 1460 g/mol. The molecular weight excluding hydrogens is 1330 g/mol. The van der Waals surface area contributed by atoms with Crippen molar-refractivity contribution in [2.45, 2.75) is 290 Å². The van der Waals surface area contributed by atoms with E-state index in [0.717, 1.165) is 148 Å². The first kappa shape index (κ1) is 96.4. The van der Waals surface area contributed by atoms with Gasteiger partial charge in [-0.25, -0.2) is 9.13 Å². The summed E-state index contributed by atoms with van der Waals surface area (Å²) in [6, 6.07) is 0. The van der Waals surface area contributed by atoms with Gasteiger partial charge < -0.3 is 33.8 Å². The Bertz CT molecular complexity index is 2600. The first-order valence-electron chi connectivity index (χ1n) is 38.4. The number of allylic oxidation sites excluding steroid dienone is 27.